The van der Waals surface area contributed by atoms with E-state index in [9.17, 15) is 15.0 Å². The Morgan fingerprint density at radius 1 is 1.25 bits per heavy atom. The number of carbonyl (C=O) groups excluding carboxylic acids is 1. The molecule has 4 nitrogen and oxygen atoms in total. The van der Waals surface area contributed by atoms with Gasteiger partial charge in [0.15, 0.2) is 5.78 Å². The highest BCUT2D eigenvalue weighted by Gasteiger charge is 2.24. The number of rotatable bonds is 3. The van der Waals surface area contributed by atoms with E-state index >= 15 is 0 Å². The van der Waals surface area contributed by atoms with Gasteiger partial charge in [-0.2, -0.15) is 0 Å². The first-order valence-corrected chi connectivity index (χ1v) is 7.15. The summed E-state index contributed by atoms with van der Waals surface area (Å²) in [5.74, 6) is -0.275. The Balaban J connectivity index is 2.01. The van der Waals surface area contributed by atoms with Crippen LogP contribution in [0.5, 0.6) is 11.5 Å². The lowest BCUT2D eigenvalue weighted by molar-refractivity contribution is 0.0928. The lowest BCUT2D eigenvalue weighted by Gasteiger charge is -2.23. The molecule has 0 aliphatic carbocycles. The summed E-state index contributed by atoms with van der Waals surface area (Å²) < 4.78 is 0. The maximum Gasteiger partial charge on any atom is 0.180 e. The summed E-state index contributed by atoms with van der Waals surface area (Å²) in [6.45, 7) is 6.70. The van der Waals surface area contributed by atoms with Crippen molar-refractivity contribution in [1.29, 1.82) is 0 Å². The zero-order valence-corrected chi connectivity index (χ0v) is 12.2. The standard InChI is InChI=1S/C16H23NO3/c1-16(2)6-3-8-17(9-7-16)11-15(20)13-5-4-12(18)10-14(13)19/h4-5,10,18-19H,3,6-9,11H2,1-2H3. The second kappa shape index (κ2) is 5.83. The Labute approximate surface area is 120 Å². The molecule has 0 atom stereocenters. The van der Waals surface area contributed by atoms with Gasteiger partial charge < -0.3 is 10.2 Å². The number of hydrogen-bond acceptors (Lipinski definition) is 4. The lowest BCUT2D eigenvalue weighted by Crippen LogP contribution is -2.31. The summed E-state index contributed by atoms with van der Waals surface area (Å²) in [4.78, 5) is 14.4. The maximum absolute atomic E-state index is 12.2. The predicted molar refractivity (Wildman–Crippen MR) is 78.2 cm³/mol. The first kappa shape index (κ1) is 14.9. The van der Waals surface area contributed by atoms with Gasteiger partial charge in [-0.1, -0.05) is 13.8 Å². The average molecular weight is 277 g/mol. The summed E-state index contributed by atoms with van der Waals surface area (Å²) in [6.07, 6.45) is 3.37. The van der Waals surface area contributed by atoms with E-state index in [0.717, 1.165) is 25.9 Å². The van der Waals surface area contributed by atoms with Crippen LogP contribution in [0.15, 0.2) is 18.2 Å². The van der Waals surface area contributed by atoms with Crippen LogP contribution in [0.3, 0.4) is 0 Å². The minimum Gasteiger partial charge on any atom is -0.508 e. The highest BCUT2D eigenvalue weighted by molar-refractivity contribution is 6.00. The second-order valence-corrected chi connectivity index (χ2v) is 6.42. The van der Waals surface area contributed by atoms with Crippen LogP contribution >= 0.6 is 0 Å². The molecule has 0 amide bonds. The summed E-state index contributed by atoms with van der Waals surface area (Å²) in [7, 11) is 0. The van der Waals surface area contributed by atoms with Crippen LogP contribution in [0.4, 0.5) is 0 Å². The van der Waals surface area contributed by atoms with E-state index < -0.39 is 0 Å². The predicted octanol–water partition coefficient (Wildman–Crippen LogP) is 2.79. The van der Waals surface area contributed by atoms with Gasteiger partial charge >= 0.3 is 0 Å². The maximum atomic E-state index is 12.2. The smallest absolute Gasteiger partial charge is 0.180 e. The third-order valence-electron chi connectivity index (χ3n) is 4.08. The van der Waals surface area contributed by atoms with Crippen LogP contribution in [0.1, 0.15) is 43.5 Å². The fourth-order valence-corrected chi connectivity index (χ4v) is 2.68. The molecule has 2 rings (SSSR count). The average Bonchev–Trinajstić information content (AvgIpc) is 2.51. The molecule has 0 radical (unpaired) electrons. The number of aromatic hydroxyl groups is 2. The van der Waals surface area contributed by atoms with Crippen LogP contribution in [0.2, 0.25) is 0 Å². The van der Waals surface area contributed by atoms with Crippen molar-refractivity contribution in [2.75, 3.05) is 19.6 Å². The van der Waals surface area contributed by atoms with E-state index in [1.165, 1.54) is 24.6 Å². The number of nitrogens with zero attached hydrogens (tertiary/aromatic N) is 1. The van der Waals surface area contributed by atoms with Crippen LogP contribution in [0, 0.1) is 5.41 Å². The van der Waals surface area contributed by atoms with Crippen LogP contribution in [-0.4, -0.2) is 40.5 Å². The topological polar surface area (TPSA) is 60.8 Å². The van der Waals surface area contributed by atoms with Gasteiger partial charge in [0.05, 0.1) is 12.1 Å². The molecule has 1 fully saturated rings. The fourth-order valence-electron chi connectivity index (χ4n) is 2.68. The quantitative estimate of drug-likeness (QED) is 0.834. The normalized spacial score (nSPS) is 19.5. The highest BCUT2D eigenvalue weighted by atomic mass is 16.3. The highest BCUT2D eigenvalue weighted by Crippen LogP contribution is 2.30. The van der Waals surface area contributed by atoms with Crippen molar-refractivity contribution in [3.05, 3.63) is 23.8 Å². The Kier molecular flexibility index (Phi) is 4.33. The molecule has 1 saturated heterocycles. The van der Waals surface area contributed by atoms with E-state index in [1.54, 1.807) is 0 Å². The van der Waals surface area contributed by atoms with Gasteiger partial charge in [-0.3, -0.25) is 9.69 Å². The van der Waals surface area contributed by atoms with Gasteiger partial charge in [0, 0.05) is 6.07 Å². The van der Waals surface area contributed by atoms with Crippen molar-refractivity contribution < 1.29 is 15.0 Å². The molecule has 2 N–H and O–H groups in total. The Bertz CT molecular complexity index is 496. The van der Waals surface area contributed by atoms with E-state index in [1.807, 2.05) is 0 Å². The van der Waals surface area contributed by atoms with Crippen molar-refractivity contribution in [3.8, 4) is 11.5 Å². The summed E-state index contributed by atoms with van der Waals surface area (Å²) >= 11 is 0. The monoisotopic (exact) mass is 277 g/mol. The molecule has 1 aliphatic rings. The number of phenolic OH excluding ortho intramolecular Hbond substituents is 2. The molecule has 0 saturated carbocycles. The molecule has 4 heteroatoms. The fraction of sp³-hybridized carbons (Fsp3) is 0.562. The summed E-state index contributed by atoms with van der Waals surface area (Å²) in [5.41, 5.74) is 0.629. The molecule has 1 aromatic rings. The number of ketones is 1. The van der Waals surface area contributed by atoms with Crippen molar-refractivity contribution in [1.82, 2.24) is 4.90 Å². The van der Waals surface area contributed by atoms with Crippen molar-refractivity contribution in [3.63, 3.8) is 0 Å². The van der Waals surface area contributed by atoms with E-state index in [0.29, 0.717) is 12.0 Å². The Morgan fingerprint density at radius 3 is 2.70 bits per heavy atom. The number of Topliss-reactive ketones (excluding diaryl/α,β-unsaturated/α-hetero) is 1. The molecule has 1 aliphatic heterocycles. The molecule has 0 bridgehead atoms. The minimum atomic E-state index is -0.148. The van der Waals surface area contributed by atoms with Gasteiger partial charge in [-0.25, -0.2) is 0 Å². The number of benzene rings is 1. The summed E-state index contributed by atoms with van der Waals surface area (Å²) in [6, 6.07) is 4.12. The first-order valence-electron chi connectivity index (χ1n) is 7.15. The van der Waals surface area contributed by atoms with E-state index in [2.05, 4.69) is 18.7 Å². The first-order chi connectivity index (χ1) is 9.37. The molecule has 1 heterocycles. The van der Waals surface area contributed by atoms with Gasteiger partial charge in [0.2, 0.25) is 0 Å². The number of hydrogen-bond donors (Lipinski definition) is 2. The zero-order valence-electron chi connectivity index (χ0n) is 12.2. The van der Waals surface area contributed by atoms with Crippen molar-refractivity contribution in [2.24, 2.45) is 5.41 Å². The van der Waals surface area contributed by atoms with E-state index in [-0.39, 0.29) is 22.8 Å². The lowest BCUT2D eigenvalue weighted by atomic mass is 9.85. The van der Waals surface area contributed by atoms with Gasteiger partial charge in [0.25, 0.3) is 0 Å². The molecule has 1 aromatic carbocycles. The Hall–Kier alpha value is -1.55. The number of phenols is 2. The van der Waals surface area contributed by atoms with Crippen LogP contribution in [-0.2, 0) is 0 Å². The largest absolute Gasteiger partial charge is 0.508 e. The van der Waals surface area contributed by atoms with Gasteiger partial charge in [-0.15, -0.1) is 0 Å². The third kappa shape index (κ3) is 3.73. The Morgan fingerprint density at radius 2 is 2.00 bits per heavy atom. The number of likely N-dealkylation sites (tertiary alicyclic amines) is 1. The molecule has 20 heavy (non-hydrogen) atoms. The number of carbonyl (C=O) groups is 1. The van der Waals surface area contributed by atoms with Crippen LogP contribution < -0.4 is 0 Å². The molecule has 0 spiro atoms. The molecule has 0 aromatic heterocycles. The van der Waals surface area contributed by atoms with E-state index in [4.69, 9.17) is 0 Å². The van der Waals surface area contributed by atoms with Crippen molar-refractivity contribution >= 4 is 5.78 Å². The molecule has 0 unspecified atom stereocenters. The van der Waals surface area contributed by atoms with Crippen molar-refractivity contribution in [2.45, 2.75) is 33.1 Å². The SMILES string of the molecule is CC1(C)CCCN(CC(=O)c2ccc(O)cc2O)CC1. The minimum absolute atomic E-state index is 0.0319. The second-order valence-electron chi connectivity index (χ2n) is 6.42. The molecule has 110 valence electrons. The van der Waals surface area contributed by atoms with Crippen LogP contribution in [0.25, 0.3) is 0 Å². The zero-order chi connectivity index (χ0) is 14.8. The summed E-state index contributed by atoms with van der Waals surface area (Å²) in [5, 5.41) is 19.0. The third-order valence-corrected chi connectivity index (χ3v) is 4.08. The van der Waals surface area contributed by atoms with Gasteiger partial charge in [0.1, 0.15) is 11.5 Å². The van der Waals surface area contributed by atoms with Gasteiger partial charge in [-0.05, 0) is 49.9 Å². The molecular formula is C16H23NO3. The molecular weight excluding hydrogens is 254 g/mol.